The summed E-state index contributed by atoms with van der Waals surface area (Å²) in [6, 6.07) is 11.6. The minimum absolute atomic E-state index is 0.0832. The van der Waals surface area contributed by atoms with Crippen molar-refractivity contribution in [3.8, 4) is 5.75 Å². The molecular weight excluding hydrogens is 502 g/mol. The van der Waals surface area contributed by atoms with E-state index in [0.717, 1.165) is 28.8 Å². The highest BCUT2D eigenvalue weighted by Gasteiger charge is 2.26. The molecule has 1 aromatic heterocycles. The van der Waals surface area contributed by atoms with Crippen LogP contribution in [0.4, 0.5) is 0 Å². The number of likely N-dealkylation sites (N-methyl/N-ethyl adjacent to an activating group) is 1. The molecule has 2 heterocycles. The molecule has 1 unspecified atom stereocenters. The number of hydrogen-bond acceptors (Lipinski definition) is 7. The molecule has 1 amide bonds. The number of carbonyl (C=O) groups is 1. The van der Waals surface area contributed by atoms with Gasteiger partial charge >= 0.3 is 0 Å². The van der Waals surface area contributed by atoms with E-state index >= 15 is 0 Å². The van der Waals surface area contributed by atoms with Crippen LogP contribution in [0.5, 0.6) is 5.75 Å². The Hall–Kier alpha value is -2.57. The van der Waals surface area contributed by atoms with Gasteiger partial charge in [-0.25, -0.2) is 8.42 Å². The number of amides is 1. The van der Waals surface area contributed by atoms with Gasteiger partial charge in [0.2, 0.25) is 10.0 Å². The predicted octanol–water partition coefficient (Wildman–Crippen LogP) is 3.29. The average molecular weight is 534 g/mol. The number of hydrogen-bond donors (Lipinski definition) is 0. The molecule has 4 rings (SSSR count). The standard InChI is InChI=1S/C25H31N3O6S2/c1-4-33-15-13-28-22-12-9-19(32-3)16-23(22)35-25(28)26-24(29)18-7-10-21(11-8-18)36(30,31)27(2)17-20-6-5-14-34-20/h7-12,16,20H,4-6,13-15,17H2,1-3H3. The highest BCUT2D eigenvalue weighted by molar-refractivity contribution is 7.89. The van der Waals surface area contributed by atoms with Crippen molar-refractivity contribution in [3.05, 3.63) is 52.8 Å². The Kier molecular flexibility index (Phi) is 8.58. The zero-order valence-corrected chi connectivity index (χ0v) is 22.3. The van der Waals surface area contributed by atoms with Crippen molar-refractivity contribution in [1.82, 2.24) is 8.87 Å². The number of ether oxygens (including phenoxy) is 3. The molecule has 2 aromatic carbocycles. The Bertz CT molecular complexity index is 1370. The highest BCUT2D eigenvalue weighted by Crippen LogP contribution is 2.24. The maximum Gasteiger partial charge on any atom is 0.279 e. The summed E-state index contributed by atoms with van der Waals surface area (Å²) in [6.07, 6.45) is 1.71. The van der Waals surface area contributed by atoms with Gasteiger partial charge in [-0.05, 0) is 62.2 Å². The summed E-state index contributed by atoms with van der Waals surface area (Å²) in [7, 11) is -0.535. The maximum absolute atomic E-state index is 13.0. The van der Waals surface area contributed by atoms with Gasteiger partial charge in [-0.1, -0.05) is 11.3 Å². The van der Waals surface area contributed by atoms with Crippen LogP contribution in [0, 0.1) is 0 Å². The van der Waals surface area contributed by atoms with Gasteiger partial charge < -0.3 is 18.8 Å². The van der Waals surface area contributed by atoms with E-state index in [1.807, 2.05) is 29.7 Å². The fraction of sp³-hybridized carbons (Fsp3) is 0.440. The van der Waals surface area contributed by atoms with Crippen LogP contribution in [0.1, 0.15) is 30.1 Å². The van der Waals surface area contributed by atoms with Gasteiger partial charge in [0, 0.05) is 38.9 Å². The first-order valence-corrected chi connectivity index (χ1v) is 14.1. The minimum Gasteiger partial charge on any atom is -0.497 e. The second kappa shape index (κ2) is 11.7. The van der Waals surface area contributed by atoms with E-state index in [0.29, 0.717) is 43.3 Å². The van der Waals surface area contributed by atoms with E-state index < -0.39 is 15.9 Å². The summed E-state index contributed by atoms with van der Waals surface area (Å²) in [5.74, 6) is 0.273. The maximum atomic E-state index is 13.0. The zero-order valence-electron chi connectivity index (χ0n) is 20.7. The van der Waals surface area contributed by atoms with Crippen molar-refractivity contribution in [2.75, 3.05) is 40.5 Å². The van der Waals surface area contributed by atoms with E-state index in [1.165, 1.54) is 39.9 Å². The molecular formula is C25H31N3O6S2. The molecule has 1 aliphatic rings. The molecule has 0 N–H and O–H groups in total. The number of sulfonamides is 1. The zero-order chi connectivity index (χ0) is 25.7. The second-order valence-electron chi connectivity index (χ2n) is 8.43. The molecule has 0 radical (unpaired) electrons. The molecule has 36 heavy (non-hydrogen) atoms. The van der Waals surface area contributed by atoms with Gasteiger partial charge in [-0.3, -0.25) is 4.79 Å². The Labute approximate surface area is 215 Å². The fourth-order valence-corrected chi connectivity index (χ4v) is 6.34. The molecule has 0 saturated carbocycles. The van der Waals surface area contributed by atoms with Crippen LogP contribution < -0.4 is 9.54 Å². The van der Waals surface area contributed by atoms with E-state index in [2.05, 4.69) is 4.99 Å². The van der Waals surface area contributed by atoms with Crippen molar-refractivity contribution in [2.45, 2.75) is 37.3 Å². The van der Waals surface area contributed by atoms with Crippen molar-refractivity contribution < 1.29 is 27.4 Å². The van der Waals surface area contributed by atoms with Crippen molar-refractivity contribution in [2.24, 2.45) is 4.99 Å². The number of thiazole rings is 1. The number of aromatic nitrogens is 1. The largest absolute Gasteiger partial charge is 0.497 e. The molecule has 1 atom stereocenters. The highest BCUT2D eigenvalue weighted by atomic mass is 32.2. The number of fused-ring (bicyclic) bond motifs is 1. The monoisotopic (exact) mass is 533 g/mol. The lowest BCUT2D eigenvalue weighted by atomic mass is 10.2. The average Bonchev–Trinajstić information content (AvgIpc) is 3.51. The van der Waals surface area contributed by atoms with Gasteiger partial charge in [0.05, 0.1) is 34.9 Å². The Balaban J connectivity index is 1.59. The molecule has 1 fully saturated rings. The van der Waals surface area contributed by atoms with Gasteiger partial charge in [0.15, 0.2) is 4.80 Å². The number of benzene rings is 2. The van der Waals surface area contributed by atoms with Gasteiger partial charge in [0.25, 0.3) is 5.91 Å². The lowest BCUT2D eigenvalue weighted by Crippen LogP contribution is -2.34. The van der Waals surface area contributed by atoms with Crippen LogP contribution >= 0.6 is 11.3 Å². The van der Waals surface area contributed by atoms with Gasteiger partial charge in [-0.15, -0.1) is 0 Å². The van der Waals surface area contributed by atoms with Gasteiger partial charge in [0.1, 0.15) is 5.75 Å². The Morgan fingerprint density at radius 1 is 1.25 bits per heavy atom. The summed E-state index contributed by atoms with van der Waals surface area (Å²) in [5.41, 5.74) is 1.24. The molecule has 1 saturated heterocycles. The quantitative estimate of drug-likeness (QED) is 0.371. The second-order valence-corrected chi connectivity index (χ2v) is 11.5. The first-order chi connectivity index (χ1) is 17.3. The topological polar surface area (TPSA) is 99.4 Å². The van der Waals surface area contributed by atoms with Crippen LogP contribution in [0.2, 0.25) is 0 Å². The van der Waals surface area contributed by atoms with E-state index in [9.17, 15) is 13.2 Å². The molecule has 1 aliphatic heterocycles. The summed E-state index contributed by atoms with van der Waals surface area (Å²) in [4.78, 5) is 18.0. The van der Waals surface area contributed by atoms with E-state index in [4.69, 9.17) is 14.2 Å². The smallest absolute Gasteiger partial charge is 0.279 e. The first kappa shape index (κ1) is 26.5. The normalized spacial score (nSPS) is 16.8. The van der Waals surface area contributed by atoms with Crippen molar-refractivity contribution in [1.29, 1.82) is 0 Å². The fourth-order valence-electron chi connectivity index (χ4n) is 4.06. The lowest BCUT2D eigenvalue weighted by Gasteiger charge is -2.20. The van der Waals surface area contributed by atoms with Crippen molar-refractivity contribution in [3.63, 3.8) is 0 Å². The van der Waals surface area contributed by atoms with Crippen LogP contribution in [0.15, 0.2) is 52.4 Å². The van der Waals surface area contributed by atoms with Gasteiger partial charge in [-0.2, -0.15) is 9.30 Å². The summed E-state index contributed by atoms with van der Waals surface area (Å²) < 4.78 is 46.5. The van der Waals surface area contributed by atoms with E-state index in [-0.39, 0.29) is 11.0 Å². The van der Waals surface area contributed by atoms with Crippen molar-refractivity contribution >= 4 is 37.5 Å². The minimum atomic E-state index is -3.69. The van der Waals surface area contributed by atoms with Crippen LogP contribution in [-0.2, 0) is 26.0 Å². The summed E-state index contributed by atoms with van der Waals surface area (Å²) in [5, 5.41) is 0. The number of rotatable bonds is 10. The van der Waals surface area contributed by atoms with Crippen LogP contribution in [0.25, 0.3) is 10.2 Å². The number of carbonyl (C=O) groups excluding carboxylic acids is 1. The van der Waals surface area contributed by atoms with Crippen LogP contribution in [0.3, 0.4) is 0 Å². The SMILES string of the molecule is CCOCCn1c(=NC(=O)c2ccc(S(=O)(=O)N(C)CC3CCCO3)cc2)sc2cc(OC)ccc21. The van der Waals surface area contributed by atoms with E-state index in [1.54, 1.807) is 14.2 Å². The van der Waals surface area contributed by atoms with Crippen LogP contribution in [-0.4, -0.2) is 69.8 Å². The third kappa shape index (κ3) is 5.87. The lowest BCUT2D eigenvalue weighted by molar-refractivity contribution is 0.0979. The predicted molar refractivity (Wildman–Crippen MR) is 138 cm³/mol. The Morgan fingerprint density at radius 2 is 2.03 bits per heavy atom. The first-order valence-electron chi connectivity index (χ1n) is 11.9. The molecule has 0 bridgehead atoms. The summed E-state index contributed by atoms with van der Waals surface area (Å²) in [6.45, 7) is 4.52. The Morgan fingerprint density at radius 3 is 2.69 bits per heavy atom. The molecule has 0 aliphatic carbocycles. The molecule has 194 valence electrons. The number of methoxy groups -OCH3 is 1. The third-order valence-corrected chi connectivity index (χ3v) is 8.92. The molecule has 9 nitrogen and oxygen atoms in total. The summed E-state index contributed by atoms with van der Waals surface area (Å²) >= 11 is 1.39. The third-order valence-electron chi connectivity index (χ3n) is 6.04. The molecule has 11 heteroatoms. The molecule has 0 spiro atoms. The number of nitrogens with zero attached hydrogens (tertiary/aromatic N) is 3. The molecule has 3 aromatic rings.